The molecule has 152 valence electrons. The maximum atomic E-state index is 14.1. The lowest BCUT2D eigenvalue weighted by atomic mass is 10.1. The molecular formula is C25H19FN4S. The van der Waals surface area contributed by atoms with E-state index in [9.17, 15) is 4.39 Å². The maximum absolute atomic E-state index is 14.1. The Bertz CT molecular complexity index is 1350. The quantitative estimate of drug-likeness (QED) is 0.252. The topological polar surface area (TPSA) is 42.2 Å². The number of anilines is 1. The van der Waals surface area contributed by atoms with E-state index in [4.69, 9.17) is 0 Å². The van der Waals surface area contributed by atoms with Gasteiger partial charge in [-0.05, 0) is 29.1 Å². The summed E-state index contributed by atoms with van der Waals surface area (Å²) in [5.74, 6) is -0.190. The third-order valence-electron chi connectivity index (χ3n) is 5.04. The fraction of sp³-hybridized carbons (Fsp3) is 0.0400. The second-order valence-electron chi connectivity index (χ2n) is 7.13. The second-order valence-corrected chi connectivity index (χ2v) is 7.99. The summed E-state index contributed by atoms with van der Waals surface area (Å²) in [5, 5.41) is 8.19. The summed E-state index contributed by atoms with van der Waals surface area (Å²) >= 11 is 1.51. The van der Waals surface area contributed by atoms with E-state index in [1.165, 1.54) is 17.4 Å². The Kier molecular flexibility index (Phi) is 5.29. The summed E-state index contributed by atoms with van der Waals surface area (Å²) < 4.78 is 16.1. The molecule has 4 nitrogen and oxygen atoms in total. The largest absolute Gasteiger partial charge is 0.343 e. The lowest BCUT2D eigenvalue weighted by Gasteiger charge is -2.07. The highest BCUT2D eigenvalue weighted by molar-refractivity contribution is 7.14. The van der Waals surface area contributed by atoms with Gasteiger partial charge in [-0.2, -0.15) is 5.10 Å². The average molecular weight is 427 g/mol. The predicted molar refractivity (Wildman–Crippen MR) is 126 cm³/mol. The summed E-state index contributed by atoms with van der Waals surface area (Å²) in [7, 11) is 0. The van der Waals surface area contributed by atoms with Crippen LogP contribution >= 0.6 is 11.3 Å². The Morgan fingerprint density at radius 3 is 2.71 bits per heavy atom. The third-order valence-corrected chi connectivity index (χ3v) is 5.79. The highest BCUT2D eigenvalue weighted by atomic mass is 32.1. The van der Waals surface area contributed by atoms with Crippen LogP contribution in [0, 0.1) is 5.82 Å². The first-order valence-corrected chi connectivity index (χ1v) is 10.8. The fourth-order valence-corrected chi connectivity index (χ4v) is 4.13. The van der Waals surface area contributed by atoms with E-state index >= 15 is 0 Å². The van der Waals surface area contributed by atoms with Gasteiger partial charge in [0.2, 0.25) is 5.13 Å². The van der Waals surface area contributed by atoms with Crippen molar-refractivity contribution < 1.29 is 4.39 Å². The van der Waals surface area contributed by atoms with Crippen molar-refractivity contribution in [3.8, 4) is 11.3 Å². The van der Waals surface area contributed by atoms with Crippen LogP contribution in [-0.4, -0.2) is 15.8 Å². The van der Waals surface area contributed by atoms with Gasteiger partial charge >= 0.3 is 0 Å². The van der Waals surface area contributed by atoms with Crippen molar-refractivity contribution in [3.63, 3.8) is 0 Å². The van der Waals surface area contributed by atoms with Gasteiger partial charge in [-0.25, -0.2) is 9.37 Å². The number of hydrogen-bond acceptors (Lipinski definition) is 4. The average Bonchev–Trinajstić information content (AvgIpc) is 3.43. The molecule has 5 rings (SSSR count). The first-order chi connectivity index (χ1) is 15.3. The molecule has 0 spiro atoms. The van der Waals surface area contributed by atoms with E-state index in [0.717, 1.165) is 32.9 Å². The van der Waals surface area contributed by atoms with Crippen molar-refractivity contribution in [1.29, 1.82) is 0 Å². The molecule has 2 aromatic heterocycles. The minimum atomic E-state index is -0.190. The number of rotatable bonds is 6. The van der Waals surface area contributed by atoms with Gasteiger partial charge in [-0.15, -0.1) is 11.3 Å². The number of hydrazone groups is 1. The van der Waals surface area contributed by atoms with Crippen LogP contribution in [-0.2, 0) is 6.54 Å². The number of thiazole rings is 1. The van der Waals surface area contributed by atoms with Crippen LogP contribution in [0.5, 0.6) is 0 Å². The van der Waals surface area contributed by atoms with Crippen LogP contribution in [0.2, 0.25) is 0 Å². The van der Waals surface area contributed by atoms with Crippen molar-refractivity contribution in [2.45, 2.75) is 6.54 Å². The molecule has 6 heteroatoms. The predicted octanol–water partition coefficient (Wildman–Crippen LogP) is 6.40. The van der Waals surface area contributed by atoms with E-state index < -0.39 is 0 Å². The Hall–Kier alpha value is -3.77. The van der Waals surface area contributed by atoms with Crippen LogP contribution in [0.3, 0.4) is 0 Å². The first-order valence-electron chi connectivity index (χ1n) is 9.88. The molecule has 0 aliphatic heterocycles. The van der Waals surface area contributed by atoms with Crippen molar-refractivity contribution in [2.24, 2.45) is 5.10 Å². The van der Waals surface area contributed by atoms with Gasteiger partial charge in [-0.3, -0.25) is 5.43 Å². The van der Waals surface area contributed by atoms with Gasteiger partial charge < -0.3 is 4.57 Å². The van der Waals surface area contributed by atoms with Gasteiger partial charge in [0.05, 0.1) is 18.5 Å². The Balaban J connectivity index is 1.32. The van der Waals surface area contributed by atoms with Crippen LogP contribution in [0.15, 0.2) is 95.5 Å². The smallest absolute Gasteiger partial charge is 0.203 e. The fourth-order valence-electron chi connectivity index (χ4n) is 3.46. The molecule has 0 fully saturated rings. The van der Waals surface area contributed by atoms with E-state index in [1.54, 1.807) is 12.3 Å². The Morgan fingerprint density at radius 2 is 1.84 bits per heavy atom. The lowest BCUT2D eigenvalue weighted by molar-refractivity contribution is 0.602. The number of aromatic nitrogens is 2. The van der Waals surface area contributed by atoms with Crippen molar-refractivity contribution in [2.75, 3.05) is 5.43 Å². The van der Waals surface area contributed by atoms with E-state index in [2.05, 4.69) is 21.6 Å². The normalized spacial score (nSPS) is 11.4. The number of halogens is 1. The van der Waals surface area contributed by atoms with E-state index in [-0.39, 0.29) is 5.82 Å². The summed E-state index contributed by atoms with van der Waals surface area (Å²) in [5.41, 5.74) is 7.67. The molecule has 0 bridgehead atoms. The molecule has 0 saturated heterocycles. The summed E-state index contributed by atoms with van der Waals surface area (Å²) in [6.45, 7) is 0.483. The van der Waals surface area contributed by atoms with Crippen molar-refractivity contribution in [3.05, 3.63) is 107 Å². The molecule has 31 heavy (non-hydrogen) atoms. The van der Waals surface area contributed by atoms with Crippen LogP contribution < -0.4 is 5.43 Å². The van der Waals surface area contributed by atoms with Crippen LogP contribution in [0.4, 0.5) is 9.52 Å². The summed E-state index contributed by atoms with van der Waals surface area (Å²) in [6, 6.07) is 25.1. The molecule has 0 aliphatic rings. The molecule has 0 atom stereocenters. The molecule has 0 amide bonds. The highest BCUT2D eigenvalue weighted by Crippen LogP contribution is 2.24. The first kappa shape index (κ1) is 19.2. The number of nitrogens with zero attached hydrogens (tertiary/aromatic N) is 3. The van der Waals surface area contributed by atoms with Crippen molar-refractivity contribution >= 4 is 33.6 Å². The molecule has 0 aliphatic carbocycles. The zero-order valence-corrected chi connectivity index (χ0v) is 17.4. The van der Waals surface area contributed by atoms with Gasteiger partial charge in [0.1, 0.15) is 5.82 Å². The summed E-state index contributed by atoms with van der Waals surface area (Å²) in [4.78, 5) is 4.58. The number of nitrogens with one attached hydrogen (secondary N) is 1. The van der Waals surface area contributed by atoms with Gasteiger partial charge in [0.25, 0.3) is 0 Å². The molecular weight excluding hydrogens is 407 g/mol. The number of hydrogen-bond donors (Lipinski definition) is 1. The molecule has 5 aromatic rings. The van der Waals surface area contributed by atoms with Gasteiger partial charge in [-0.1, -0.05) is 60.7 Å². The molecule has 1 N–H and O–H groups in total. The zero-order chi connectivity index (χ0) is 21.0. The van der Waals surface area contributed by atoms with E-state index in [0.29, 0.717) is 12.1 Å². The Labute approximate surface area is 183 Å². The highest BCUT2D eigenvalue weighted by Gasteiger charge is 2.06. The number of benzene rings is 3. The molecule has 0 saturated carbocycles. The van der Waals surface area contributed by atoms with E-state index in [1.807, 2.05) is 76.8 Å². The maximum Gasteiger partial charge on any atom is 0.203 e. The van der Waals surface area contributed by atoms with Gasteiger partial charge in [0, 0.05) is 28.2 Å². The molecule has 2 heterocycles. The summed E-state index contributed by atoms with van der Waals surface area (Å²) in [6.07, 6.45) is 3.75. The number of fused-ring (bicyclic) bond motifs is 1. The SMILES string of the molecule is Fc1ccccc1Cn1ccc2ccc(C=NNc3nc(-c4ccccc4)cs3)cc21. The monoisotopic (exact) mass is 426 g/mol. The van der Waals surface area contributed by atoms with Crippen LogP contribution in [0.1, 0.15) is 11.1 Å². The van der Waals surface area contributed by atoms with Crippen LogP contribution in [0.25, 0.3) is 22.2 Å². The zero-order valence-electron chi connectivity index (χ0n) is 16.6. The standard InChI is InChI=1S/C25H19FN4S/c26-22-9-5-4-8-21(22)16-30-13-12-20-11-10-18(14-24(20)30)15-27-29-25-28-23(17-31-25)19-6-2-1-3-7-19/h1-15,17H,16H2,(H,28,29). The Morgan fingerprint density at radius 1 is 1.00 bits per heavy atom. The molecule has 0 radical (unpaired) electrons. The minimum Gasteiger partial charge on any atom is -0.343 e. The minimum absolute atomic E-state index is 0.190. The second kappa shape index (κ2) is 8.53. The molecule has 3 aromatic carbocycles. The van der Waals surface area contributed by atoms with Gasteiger partial charge in [0.15, 0.2) is 0 Å². The third kappa shape index (κ3) is 4.25. The lowest BCUT2D eigenvalue weighted by Crippen LogP contribution is -2.00. The molecule has 0 unspecified atom stereocenters. The van der Waals surface area contributed by atoms with Crippen molar-refractivity contribution in [1.82, 2.24) is 9.55 Å².